The minimum atomic E-state index is -0.939. The summed E-state index contributed by atoms with van der Waals surface area (Å²) in [5.41, 5.74) is -0.0491. The third kappa shape index (κ3) is 4.81. The fourth-order valence-electron chi connectivity index (χ4n) is 2.30. The van der Waals surface area contributed by atoms with Crippen LogP contribution in [0.25, 0.3) is 0 Å². The molecule has 0 aliphatic carbocycles. The second-order valence-electron chi connectivity index (χ2n) is 5.39. The third-order valence-corrected chi connectivity index (χ3v) is 3.64. The van der Waals surface area contributed by atoms with E-state index in [9.17, 15) is 24.5 Å². The molecule has 0 bridgehead atoms. The third-order valence-electron chi connectivity index (χ3n) is 3.64. The zero-order valence-electron chi connectivity index (χ0n) is 15.1. The van der Waals surface area contributed by atoms with Gasteiger partial charge in [0, 0.05) is 13.1 Å². The number of nitro groups is 1. The number of ether oxygens (including phenoxy) is 2. The molecule has 146 valence electrons. The lowest BCUT2D eigenvalue weighted by Crippen LogP contribution is -2.34. The Hall–Kier alpha value is -3.95. The maximum atomic E-state index is 12.1. The van der Waals surface area contributed by atoms with Crippen LogP contribution in [0.4, 0.5) is 11.4 Å². The van der Waals surface area contributed by atoms with Gasteiger partial charge in [-0.25, -0.2) is 4.79 Å². The van der Waals surface area contributed by atoms with Crippen LogP contribution < -0.4 is 15.4 Å². The topological polar surface area (TPSA) is 137 Å². The zero-order chi connectivity index (χ0) is 20.7. The van der Waals surface area contributed by atoms with Crippen LogP contribution in [0.5, 0.6) is 5.75 Å². The number of para-hydroxylation sites is 1. The van der Waals surface area contributed by atoms with Crippen molar-refractivity contribution in [2.24, 2.45) is 0 Å². The van der Waals surface area contributed by atoms with Gasteiger partial charge in [-0.15, -0.1) is 0 Å². The van der Waals surface area contributed by atoms with Gasteiger partial charge in [0.1, 0.15) is 11.4 Å². The number of nitrogens with one attached hydrogen (secondary N) is 2. The average Bonchev–Trinajstić information content (AvgIpc) is 2.71. The number of imide groups is 1. The molecule has 0 heterocycles. The molecule has 2 aromatic carbocycles. The number of anilines is 1. The number of esters is 1. The first-order chi connectivity index (χ1) is 13.4. The molecule has 0 radical (unpaired) electrons. The first-order valence-electron chi connectivity index (χ1n) is 7.98. The van der Waals surface area contributed by atoms with E-state index in [0.29, 0.717) is 0 Å². The minimum Gasteiger partial charge on any atom is -0.496 e. The molecule has 2 aromatic rings. The highest BCUT2D eigenvalue weighted by molar-refractivity contribution is 6.07. The largest absolute Gasteiger partial charge is 0.496 e. The second kappa shape index (κ2) is 9.12. The minimum absolute atomic E-state index is 0.102. The summed E-state index contributed by atoms with van der Waals surface area (Å²) >= 11 is 0. The molecule has 2 rings (SSSR count). The van der Waals surface area contributed by atoms with E-state index < -0.39 is 29.3 Å². The Morgan fingerprint density at radius 3 is 2.50 bits per heavy atom. The van der Waals surface area contributed by atoms with Gasteiger partial charge in [0.05, 0.1) is 23.2 Å². The Kier molecular flexibility index (Phi) is 6.63. The maximum Gasteiger partial charge on any atom is 0.338 e. The highest BCUT2D eigenvalue weighted by Crippen LogP contribution is 2.25. The number of hydrogen-bond donors (Lipinski definition) is 2. The second-order valence-corrected chi connectivity index (χ2v) is 5.39. The first-order valence-corrected chi connectivity index (χ1v) is 7.98. The molecule has 0 saturated heterocycles. The number of hydrogen-bond acceptors (Lipinski definition) is 8. The first kappa shape index (κ1) is 20.4. The van der Waals surface area contributed by atoms with Crippen LogP contribution in [0.15, 0.2) is 42.5 Å². The van der Waals surface area contributed by atoms with E-state index in [1.54, 1.807) is 18.2 Å². The van der Waals surface area contributed by atoms with Crippen LogP contribution in [-0.4, -0.2) is 43.5 Å². The van der Waals surface area contributed by atoms with Crippen molar-refractivity contribution in [1.29, 1.82) is 0 Å². The average molecular weight is 387 g/mol. The van der Waals surface area contributed by atoms with E-state index in [2.05, 4.69) is 10.6 Å². The number of carbonyl (C=O) groups is 3. The molecule has 0 aromatic heterocycles. The summed E-state index contributed by atoms with van der Waals surface area (Å²) in [5.74, 6) is -2.23. The highest BCUT2D eigenvalue weighted by Gasteiger charge is 2.19. The number of rotatable bonds is 7. The summed E-state index contributed by atoms with van der Waals surface area (Å²) < 4.78 is 9.85. The van der Waals surface area contributed by atoms with Crippen molar-refractivity contribution in [3.8, 4) is 5.75 Å². The molecule has 2 N–H and O–H groups in total. The summed E-state index contributed by atoms with van der Waals surface area (Å²) in [7, 11) is 2.89. The van der Waals surface area contributed by atoms with Crippen molar-refractivity contribution in [3.05, 3.63) is 63.7 Å². The predicted octanol–water partition coefficient (Wildman–Crippen LogP) is 1.76. The van der Waals surface area contributed by atoms with Gasteiger partial charge in [0.2, 0.25) is 0 Å². The van der Waals surface area contributed by atoms with Gasteiger partial charge >= 0.3 is 5.97 Å². The van der Waals surface area contributed by atoms with E-state index in [1.165, 1.54) is 32.4 Å². The number of benzene rings is 2. The van der Waals surface area contributed by atoms with Crippen molar-refractivity contribution in [3.63, 3.8) is 0 Å². The Bertz CT molecular complexity index is 927. The van der Waals surface area contributed by atoms with Crippen LogP contribution in [-0.2, 0) is 9.53 Å². The fourth-order valence-corrected chi connectivity index (χ4v) is 2.30. The Morgan fingerprint density at radius 2 is 1.86 bits per heavy atom. The quantitative estimate of drug-likeness (QED) is 0.416. The van der Waals surface area contributed by atoms with Gasteiger partial charge in [-0.3, -0.25) is 25.0 Å². The summed E-state index contributed by atoms with van der Waals surface area (Å²) in [6, 6.07) is 9.99. The lowest BCUT2D eigenvalue weighted by molar-refractivity contribution is -0.384. The van der Waals surface area contributed by atoms with E-state index >= 15 is 0 Å². The molecule has 0 aliphatic heterocycles. The normalized spacial score (nSPS) is 9.93. The Balaban J connectivity index is 1.99. The number of amides is 2. The number of nitro benzene ring substituents is 1. The van der Waals surface area contributed by atoms with Crippen molar-refractivity contribution >= 4 is 29.2 Å². The Labute approximate surface area is 159 Å². The van der Waals surface area contributed by atoms with Crippen molar-refractivity contribution in [2.75, 3.05) is 26.1 Å². The van der Waals surface area contributed by atoms with Crippen LogP contribution in [0.2, 0.25) is 0 Å². The standard InChI is InChI=1S/C18H17N3O7/c1-19-13-8-7-11(9-14(13)21(25)26)18(24)28-10-16(22)20-17(23)12-5-3-4-6-15(12)27-2/h3-9,19H,10H2,1-2H3,(H,20,22,23). The molecule has 0 unspecified atom stereocenters. The lowest BCUT2D eigenvalue weighted by Gasteiger charge is -2.09. The summed E-state index contributed by atoms with van der Waals surface area (Å²) in [6.45, 7) is -0.735. The smallest absolute Gasteiger partial charge is 0.338 e. The van der Waals surface area contributed by atoms with Crippen molar-refractivity contribution in [2.45, 2.75) is 0 Å². The number of nitrogens with zero attached hydrogens (tertiary/aromatic N) is 1. The molecule has 2 amide bonds. The Morgan fingerprint density at radius 1 is 1.14 bits per heavy atom. The van der Waals surface area contributed by atoms with Crippen molar-refractivity contribution in [1.82, 2.24) is 5.32 Å². The molecule has 0 spiro atoms. The lowest BCUT2D eigenvalue weighted by atomic mass is 10.1. The van der Waals surface area contributed by atoms with Crippen LogP contribution in [0, 0.1) is 10.1 Å². The molecule has 0 fully saturated rings. The number of methoxy groups -OCH3 is 1. The summed E-state index contributed by atoms with van der Waals surface area (Å²) in [5, 5.41) is 15.7. The SMILES string of the molecule is CNc1ccc(C(=O)OCC(=O)NC(=O)c2ccccc2OC)cc1[N+](=O)[O-]. The van der Waals surface area contributed by atoms with Crippen LogP contribution in [0.1, 0.15) is 20.7 Å². The van der Waals surface area contributed by atoms with Gasteiger partial charge in [-0.2, -0.15) is 0 Å². The monoisotopic (exact) mass is 387 g/mol. The maximum absolute atomic E-state index is 12.1. The number of carbonyl (C=O) groups excluding carboxylic acids is 3. The fraction of sp³-hybridized carbons (Fsp3) is 0.167. The predicted molar refractivity (Wildman–Crippen MR) is 98.4 cm³/mol. The van der Waals surface area contributed by atoms with Crippen LogP contribution in [0.3, 0.4) is 0 Å². The molecule has 10 nitrogen and oxygen atoms in total. The molecular formula is C18H17N3O7. The molecule has 28 heavy (non-hydrogen) atoms. The summed E-state index contributed by atoms with van der Waals surface area (Å²) in [4.78, 5) is 46.4. The van der Waals surface area contributed by atoms with Gasteiger partial charge in [-0.05, 0) is 24.3 Å². The molecule has 0 aliphatic rings. The molecule has 0 atom stereocenters. The van der Waals surface area contributed by atoms with E-state index in [1.807, 2.05) is 0 Å². The van der Waals surface area contributed by atoms with Gasteiger partial charge in [0.15, 0.2) is 6.61 Å². The zero-order valence-corrected chi connectivity index (χ0v) is 15.1. The highest BCUT2D eigenvalue weighted by atomic mass is 16.6. The van der Waals surface area contributed by atoms with Gasteiger partial charge in [-0.1, -0.05) is 12.1 Å². The van der Waals surface area contributed by atoms with Crippen molar-refractivity contribution < 1.29 is 28.8 Å². The molecule has 10 heteroatoms. The van der Waals surface area contributed by atoms with Gasteiger partial charge < -0.3 is 14.8 Å². The summed E-state index contributed by atoms with van der Waals surface area (Å²) in [6.07, 6.45) is 0. The van der Waals surface area contributed by atoms with Crippen LogP contribution >= 0.6 is 0 Å². The molecular weight excluding hydrogens is 370 g/mol. The van der Waals surface area contributed by atoms with E-state index in [4.69, 9.17) is 9.47 Å². The van der Waals surface area contributed by atoms with E-state index in [-0.39, 0.29) is 28.3 Å². The van der Waals surface area contributed by atoms with Gasteiger partial charge in [0.25, 0.3) is 17.5 Å². The van der Waals surface area contributed by atoms with E-state index in [0.717, 1.165) is 6.07 Å². The molecule has 0 saturated carbocycles.